The molecule has 3 heterocycles. The molecule has 0 saturated heterocycles. The molecule has 40 heavy (non-hydrogen) atoms. The third kappa shape index (κ3) is 5.86. The summed E-state index contributed by atoms with van der Waals surface area (Å²) >= 11 is 0. The van der Waals surface area contributed by atoms with E-state index in [4.69, 9.17) is 9.47 Å². The maximum atomic E-state index is 13.7. The summed E-state index contributed by atoms with van der Waals surface area (Å²) in [5.74, 6) is 0.270. The van der Waals surface area contributed by atoms with Gasteiger partial charge in [0.15, 0.2) is 0 Å². The molecule has 4 aromatic rings. The predicted octanol–water partition coefficient (Wildman–Crippen LogP) is 6.06. The molecule has 2 aromatic carbocycles. The van der Waals surface area contributed by atoms with Crippen LogP contribution in [-0.2, 0) is 16.2 Å². The number of hydrogen-bond donors (Lipinski definition) is 1. The molecule has 8 nitrogen and oxygen atoms in total. The van der Waals surface area contributed by atoms with Gasteiger partial charge in [0.25, 0.3) is 10.0 Å². The smallest absolute Gasteiger partial charge is 0.416 e. The highest BCUT2D eigenvalue weighted by atomic mass is 32.2. The molecule has 1 unspecified atom stereocenters. The highest BCUT2D eigenvalue weighted by Crippen LogP contribution is 2.44. The van der Waals surface area contributed by atoms with Gasteiger partial charge in [-0.05, 0) is 61.7 Å². The van der Waals surface area contributed by atoms with Crippen LogP contribution in [0, 0.1) is 0 Å². The van der Waals surface area contributed by atoms with Crippen LogP contribution < -0.4 is 14.2 Å². The highest BCUT2D eigenvalue weighted by Gasteiger charge is 2.33. The maximum absolute atomic E-state index is 13.7. The summed E-state index contributed by atoms with van der Waals surface area (Å²) in [6.45, 7) is 3.95. The Morgan fingerprint density at radius 2 is 1.75 bits per heavy atom. The van der Waals surface area contributed by atoms with Crippen molar-refractivity contribution in [3.63, 3.8) is 0 Å². The van der Waals surface area contributed by atoms with Gasteiger partial charge in [-0.1, -0.05) is 12.1 Å². The summed E-state index contributed by atoms with van der Waals surface area (Å²) in [7, 11) is -4.02. The first-order valence-electron chi connectivity index (χ1n) is 12.4. The quantitative estimate of drug-likeness (QED) is 0.288. The van der Waals surface area contributed by atoms with Gasteiger partial charge in [0, 0.05) is 47.8 Å². The van der Waals surface area contributed by atoms with Gasteiger partial charge in [-0.2, -0.15) is 13.2 Å². The first-order chi connectivity index (χ1) is 19.0. The second kappa shape index (κ2) is 10.8. The summed E-state index contributed by atoms with van der Waals surface area (Å²) in [6.07, 6.45) is 0.152. The van der Waals surface area contributed by atoms with Crippen LogP contribution in [0.25, 0.3) is 11.1 Å². The molecule has 1 N–H and O–H groups in total. The molecule has 1 aliphatic rings. The van der Waals surface area contributed by atoms with Crippen molar-refractivity contribution in [2.24, 2.45) is 0 Å². The Morgan fingerprint density at radius 3 is 2.42 bits per heavy atom. The summed E-state index contributed by atoms with van der Waals surface area (Å²) in [4.78, 5) is 12.0. The molecule has 1 atom stereocenters. The van der Waals surface area contributed by atoms with Gasteiger partial charge in [0.2, 0.25) is 11.8 Å². The van der Waals surface area contributed by atoms with E-state index in [1.165, 1.54) is 36.8 Å². The Balaban J connectivity index is 1.54. The lowest BCUT2D eigenvalue weighted by atomic mass is 9.82. The molecule has 12 heteroatoms. The number of alkyl halides is 3. The average molecular weight is 571 g/mol. The van der Waals surface area contributed by atoms with Gasteiger partial charge in [-0.15, -0.1) is 0 Å². The molecule has 0 spiro atoms. The fraction of sp³-hybridized carbons (Fsp3) is 0.250. The minimum atomic E-state index is -4.53. The standard InChI is InChI=1S/C28H25F3N4O4S/c1-17(2)39-26-9-4-18(16-34-26)24-14-19(28(29,30)31)5-7-21(24)22-10-13-38-25-15-20(6-8-23(22)25)40(36,37)35-27-32-11-3-12-33-27/h3-9,11-12,14-17,22H,10,13H2,1-2H3,(H,32,33,35). The van der Waals surface area contributed by atoms with E-state index in [1.807, 2.05) is 13.8 Å². The van der Waals surface area contributed by atoms with E-state index in [1.54, 1.807) is 24.3 Å². The summed E-state index contributed by atoms with van der Waals surface area (Å²) in [5.41, 5.74) is 1.39. The molecular weight excluding hydrogens is 545 g/mol. The molecule has 1 aliphatic heterocycles. The number of sulfonamides is 1. The van der Waals surface area contributed by atoms with Gasteiger partial charge >= 0.3 is 6.18 Å². The number of pyridine rings is 1. The van der Waals surface area contributed by atoms with Crippen molar-refractivity contribution >= 4 is 16.0 Å². The SMILES string of the molecule is CC(C)Oc1ccc(-c2cc(C(F)(F)F)ccc2C2CCOc3cc(S(=O)(=O)Nc4ncccn4)ccc32)cn1. The Hall–Kier alpha value is -4.19. The van der Waals surface area contributed by atoms with E-state index < -0.39 is 21.8 Å². The van der Waals surface area contributed by atoms with Crippen LogP contribution in [0.3, 0.4) is 0 Å². The van der Waals surface area contributed by atoms with Crippen molar-refractivity contribution in [3.8, 4) is 22.8 Å². The van der Waals surface area contributed by atoms with E-state index in [2.05, 4.69) is 19.7 Å². The second-order valence-electron chi connectivity index (χ2n) is 9.42. The molecular formula is C28H25F3N4O4S. The molecule has 0 fully saturated rings. The number of anilines is 1. The number of hydrogen-bond acceptors (Lipinski definition) is 7. The highest BCUT2D eigenvalue weighted by molar-refractivity contribution is 7.92. The zero-order valence-corrected chi connectivity index (χ0v) is 22.3. The minimum Gasteiger partial charge on any atom is -0.493 e. The normalized spacial score (nSPS) is 15.3. The largest absolute Gasteiger partial charge is 0.493 e. The van der Waals surface area contributed by atoms with Crippen LogP contribution in [0.15, 0.2) is 78.1 Å². The Kier molecular flexibility index (Phi) is 7.37. The molecule has 5 rings (SSSR count). The third-order valence-electron chi connectivity index (χ3n) is 6.29. The topological polar surface area (TPSA) is 103 Å². The third-order valence-corrected chi connectivity index (χ3v) is 7.61. The number of nitrogens with one attached hydrogen (secondary N) is 1. The van der Waals surface area contributed by atoms with Crippen molar-refractivity contribution < 1.29 is 31.1 Å². The second-order valence-corrected chi connectivity index (χ2v) is 11.1. The van der Waals surface area contributed by atoms with E-state index in [0.29, 0.717) is 40.3 Å². The van der Waals surface area contributed by atoms with Crippen LogP contribution >= 0.6 is 0 Å². The number of nitrogens with zero attached hydrogens (tertiary/aromatic N) is 3. The van der Waals surface area contributed by atoms with E-state index >= 15 is 0 Å². The lowest BCUT2D eigenvalue weighted by Crippen LogP contribution is -2.19. The monoisotopic (exact) mass is 570 g/mol. The van der Waals surface area contributed by atoms with Crippen LogP contribution in [0.5, 0.6) is 11.6 Å². The fourth-order valence-corrected chi connectivity index (χ4v) is 5.50. The molecule has 2 aromatic heterocycles. The van der Waals surface area contributed by atoms with Gasteiger partial charge in [-0.25, -0.2) is 28.1 Å². The number of fused-ring (bicyclic) bond motifs is 1. The van der Waals surface area contributed by atoms with Crippen LogP contribution in [0.4, 0.5) is 19.1 Å². The number of rotatable bonds is 7. The molecule has 0 aliphatic carbocycles. The van der Waals surface area contributed by atoms with E-state index in [-0.39, 0.29) is 29.5 Å². The van der Waals surface area contributed by atoms with Crippen molar-refractivity contribution in [2.75, 3.05) is 11.3 Å². The van der Waals surface area contributed by atoms with Gasteiger partial charge < -0.3 is 9.47 Å². The molecule has 208 valence electrons. The maximum Gasteiger partial charge on any atom is 0.416 e. The summed E-state index contributed by atoms with van der Waals surface area (Å²) in [5, 5.41) is 0. The lowest BCUT2D eigenvalue weighted by Gasteiger charge is -2.29. The van der Waals surface area contributed by atoms with Crippen LogP contribution in [-0.4, -0.2) is 36.1 Å². The number of ether oxygens (including phenoxy) is 2. The summed E-state index contributed by atoms with van der Waals surface area (Å²) < 4.78 is 80.6. The molecule has 0 bridgehead atoms. The Bertz CT molecular complexity index is 1610. The predicted molar refractivity (Wildman–Crippen MR) is 142 cm³/mol. The molecule has 0 saturated carbocycles. The number of aromatic nitrogens is 3. The molecule has 0 amide bonds. The summed E-state index contributed by atoms with van der Waals surface area (Å²) in [6, 6.07) is 13.0. The number of benzene rings is 2. The van der Waals surface area contributed by atoms with E-state index in [9.17, 15) is 21.6 Å². The van der Waals surface area contributed by atoms with Crippen molar-refractivity contribution in [1.29, 1.82) is 0 Å². The van der Waals surface area contributed by atoms with Gasteiger partial charge in [-0.3, -0.25) is 0 Å². The van der Waals surface area contributed by atoms with Gasteiger partial charge in [0.05, 0.1) is 23.2 Å². The van der Waals surface area contributed by atoms with Crippen LogP contribution in [0.2, 0.25) is 0 Å². The van der Waals surface area contributed by atoms with Crippen LogP contribution in [0.1, 0.15) is 42.9 Å². The van der Waals surface area contributed by atoms with Crippen molar-refractivity contribution in [3.05, 3.63) is 89.9 Å². The zero-order chi connectivity index (χ0) is 28.5. The fourth-order valence-electron chi connectivity index (χ4n) is 4.53. The minimum absolute atomic E-state index is 0.0584. The molecule has 0 radical (unpaired) electrons. The Morgan fingerprint density at radius 1 is 1.00 bits per heavy atom. The lowest BCUT2D eigenvalue weighted by molar-refractivity contribution is -0.137. The first-order valence-corrected chi connectivity index (χ1v) is 13.9. The number of halogens is 3. The Labute approximate surface area is 229 Å². The zero-order valence-electron chi connectivity index (χ0n) is 21.5. The first kappa shape index (κ1) is 27.4. The average Bonchev–Trinajstić information content (AvgIpc) is 2.92. The van der Waals surface area contributed by atoms with E-state index in [0.717, 1.165) is 12.1 Å². The van der Waals surface area contributed by atoms with Gasteiger partial charge in [0.1, 0.15) is 5.75 Å². The van der Waals surface area contributed by atoms with Crippen molar-refractivity contribution in [1.82, 2.24) is 15.0 Å². The van der Waals surface area contributed by atoms with Crippen molar-refractivity contribution in [2.45, 2.75) is 43.4 Å².